The number of nitrogens with zero attached hydrogens (tertiary/aromatic N) is 1. The first-order valence-corrected chi connectivity index (χ1v) is 7.30. The van der Waals surface area contributed by atoms with E-state index in [1.807, 2.05) is 24.3 Å². The Bertz CT molecular complexity index is 691. The summed E-state index contributed by atoms with van der Waals surface area (Å²) in [6.45, 7) is 0.977. The fraction of sp³-hybridized carbons (Fsp3) is 0.188. The molecule has 0 spiro atoms. The van der Waals surface area contributed by atoms with Gasteiger partial charge in [-0.15, -0.1) is 0 Å². The molecule has 0 saturated carbocycles. The van der Waals surface area contributed by atoms with Gasteiger partial charge in [-0.25, -0.2) is 0 Å². The van der Waals surface area contributed by atoms with Crippen LogP contribution in [0.2, 0.25) is 0 Å². The van der Waals surface area contributed by atoms with E-state index in [4.69, 9.17) is 10.00 Å². The normalized spacial score (nSPS) is 13.0. The lowest BCUT2D eigenvalue weighted by molar-refractivity contribution is 0.482. The number of fused-ring (bicyclic) bond motifs is 1. The molecule has 1 aliphatic rings. The van der Waals surface area contributed by atoms with Crippen molar-refractivity contribution < 1.29 is 4.74 Å². The van der Waals surface area contributed by atoms with Gasteiger partial charge in [0.05, 0.1) is 11.3 Å². The predicted molar refractivity (Wildman–Crippen MR) is 82.2 cm³/mol. The molecule has 4 heteroatoms. The third-order valence-corrected chi connectivity index (χ3v) is 3.98. The van der Waals surface area contributed by atoms with Crippen molar-refractivity contribution in [3.63, 3.8) is 0 Å². The minimum absolute atomic E-state index is 0.602. The van der Waals surface area contributed by atoms with Gasteiger partial charge in [0.1, 0.15) is 11.8 Å². The van der Waals surface area contributed by atoms with Gasteiger partial charge in [0.15, 0.2) is 5.75 Å². The molecule has 1 N–H and O–H groups in total. The molecule has 0 aromatic heterocycles. The van der Waals surface area contributed by atoms with Gasteiger partial charge in [-0.1, -0.05) is 12.1 Å². The summed E-state index contributed by atoms with van der Waals surface area (Å²) in [5, 5.41) is 12.3. The molecule has 0 aliphatic carbocycles. The van der Waals surface area contributed by atoms with Crippen LogP contribution in [0.25, 0.3) is 0 Å². The zero-order valence-electron chi connectivity index (χ0n) is 10.8. The molecular formula is C16H13BrN2O. The van der Waals surface area contributed by atoms with Gasteiger partial charge in [0.25, 0.3) is 0 Å². The number of halogens is 1. The van der Waals surface area contributed by atoms with E-state index < -0.39 is 0 Å². The van der Waals surface area contributed by atoms with Crippen molar-refractivity contribution in [2.24, 2.45) is 0 Å². The molecule has 20 heavy (non-hydrogen) atoms. The van der Waals surface area contributed by atoms with E-state index in [0.717, 1.165) is 41.0 Å². The number of para-hydroxylation sites is 1. The van der Waals surface area contributed by atoms with Crippen molar-refractivity contribution in [1.29, 1.82) is 5.26 Å². The van der Waals surface area contributed by atoms with Crippen LogP contribution in [0, 0.1) is 11.3 Å². The molecule has 1 heterocycles. The maximum absolute atomic E-state index is 8.93. The van der Waals surface area contributed by atoms with Gasteiger partial charge >= 0.3 is 0 Å². The zero-order chi connectivity index (χ0) is 13.9. The zero-order valence-corrected chi connectivity index (χ0v) is 12.4. The Morgan fingerprint density at radius 2 is 2.15 bits per heavy atom. The lowest BCUT2D eigenvalue weighted by atomic mass is 10.0. The minimum atomic E-state index is 0.602. The fourth-order valence-electron chi connectivity index (χ4n) is 2.34. The Hall–Kier alpha value is -1.99. The van der Waals surface area contributed by atoms with Crippen LogP contribution in [0.15, 0.2) is 40.9 Å². The highest BCUT2D eigenvalue weighted by Gasteiger charge is 2.14. The monoisotopic (exact) mass is 328 g/mol. The maximum atomic E-state index is 8.93. The van der Waals surface area contributed by atoms with Crippen LogP contribution in [0.4, 0.5) is 5.69 Å². The van der Waals surface area contributed by atoms with E-state index in [2.05, 4.69) is 33.4 Å². The lowest BCUT2D eigenvalue weighted by Crippen LogP contribution is -2.12. The Morgan fingerprint density at radius 1 is 1.25 bits per heavy atom. The molecular weight excluding hydrogens is 316 g/mol. The first kappa shape index (κ1) is 13.0. The van der Waals surface area contributed by atoms with Crippen LogP contribution in [-0.2, 0) is 6.42 Å². The Balaban J connectivity index is 1.92. The lowest BCUT2D eigenvalue weighted by Gasteiger charge is -2.21. The molecule has 3 rings (SSSR count). The summed E-state index contributed by atoms with van der Waals surface area (Å²) in [6.07, 6.45) is 2.23. The largest absolute Gasteiger partial charge is 0.455 e. The quantitative estimate of drug-likeness (QED) is 0.884. The molecule has 100 valence electrons. The number of nitriles is 1. The maximum Gasteiger partial charge on any atom is 0.150 e. The van der Waals surface area contributed by atoms with Crippen molar-refractivity contribution >= 4 is 21.6 Å². The van der Waals surface area contributed by atoms with Crippen LogP contribution in [-0.4, -0.2) is 6.54 Å². The van der Waals surface area contributed by atoms with Crippen molar-refractivity contribution in [2.75, 3.05) is 11.9 Å². The molecule has 0 radical (unpaired) electrons. The average molecular weight is 329 g/mol. The topological polar surface area (TPSA) is 45.0 Å². The van der Waals surface area contributed by atoms with Crippen LogP contribution in [0.3, 0.4) is 0 Å². The SMILES string of the molecule is N#Cc1ccc(Oc2cccc3c2NCCC3)cc1Br. The van der Waals surface area contributed by atoms with Crippen molar-refractivity contribution in [1.82, 2.24) is 0 Å². The second kappa shape index (κ2) is 5.56. The van der Waals surface area contributed by atoms with Crippen molar-refractivity contribution in [3.8, 4) is 17.6 Å². The van der Waals surface area contributed by atoms with E-state index in [1.54, 1.807) is 6.07 Å². The molecule has 0 bridgehead atoms. The first-order chi connectivity index (χ1) is 9.78. The minimum Gasteiger partial charge on any atom is -0.455 e. The van der Waals surface area contributed by atoms with Gasteiger partial charge in [0.2, 0.25) is 0 Å². The molecule has 3 nitrogen and oxygen atoms in total. The number of hydrogen-bond acceptors (Lipinski definition) is 3. The molecule has 1 aliphatic heterocycles. The number of rotatable bonds is 2. The first-order valence-electron chi connectivity index (χ1n) is 6.51. The van der Waals surface area contributed by atoms with Gasteiger partial charge in [0, 0.05) is 11.0 Å². The van der Waals surface area contributed by atoms with Gasteiger partial charge in [-0.05, 0) is 58.6 Å². The number of ether oxygens (including phenoxy) is 1. The number of nitrogens with one attached hydrogen (secondary N) is 1. The summed E-state index contributed by atoms with van der Waals surface area (Å²) in [6, 6.07) is 13.6. The standard InChI is InChI=1S/C16H13BrN2O/c17-14-9-13(7-6-12(14)10-18)20-15-5-1-3-11-4-2-8-19-16(11)15/h1,3,5-7,9,19H,2,4,8H2. The molecule has 2 aromatic rings. The number of hydrogen-bond donors (Lipinski definition) is 1. The second-order valence-corrected chi connectivity index (χ2v) is 5.53. The van der Waals surface area contributed by atoms with Gasteiger partial charge < -0.3 is 10.1 Å². The Morgan fingerprint density at radius 3 is 2.95 bits per heavy atom. The summed E-state index contributed by atoms with van der Waals surface area (Å²) < 4.78 is 6.70. The highest BCUT2D eigenvalue weighted by molar-refractivity contribution is 9.10. The highest BCUT2D eigenvalue weighted by Crippen LogP contribution is 2.36. The van der Waals surface area contributed by atoms with E-state index in [1.165, 1.54) is 5.56 Å². The second-order valence-electron chi connectivity index (χ2n) is 4.68. The van der Waals surface area contributed by atoms with Crippen molar-refractivity contribution in [3.05, 3.63) is 52.0 Å². The molecule has 0 amide bonds. The predicted octanol–water partition coefficient (Wildman–Crippen LogP) is 4.47. The van der Waals surface area contributed by atoms with Crippen LogP contribution < -0.4 is 10.1 Å². The smallest absolute Gasteiger partial charge is 0.150 e. The molecule has 0 unspecified atom stereocenters. The summed E-state index contributed by atoms with van der Waals surface area (Å²) in [5.41, 5.74) is 2.98. The fourth-order valence-corrected chi connectivity index (χ4v) is 2.79. The highest BCUT2D eigenvalue weighted by atomic mass is 79.9. The van der Waals surface area contributed by atoms with Crippen LogP contribution in [0.5, 0.6) is 11.5 Å². The summed E-state index contributed by atoms with van der Waals surface area (Å²) in [5.74, 6) is 1.55. The third kappa shape index (κ3) is 2.50. The van der Waals surface area contributed by atoms with Crippen LogP contribution >= 0.6 is 15.9 Å². The Labute approximate surface area is 126 Å². The average Bonchev–Trinajstić information content (AvgIpc) is 2.48. The van der Waals surface area contributed by atoms with Crippen molar-refractivity contribution in [2.45, 2.75) is 12.8 Å². The summed E-state index contributed by atoms with van der Waals surface area (Å²) in [7, 11) is 0. The van der Waals surface area contributed by atoms with Gasteiger partial charge in [-0.2, -0.15) is 5.26 Å². The van der Waals surface area contributed by atoms with Gasteiger partial charge in [-0.3, -0.25) is 0 Å². The van der Waals surface area contributed by atoms with E-state index in [-0.39, 0.29) is 0 Å². The van der Waals surface area contributed by atoms with Crippen LogP contribution in [0.1, 0.15) is 17.5 Å². The number of aryl methyl sites for hydroxylation is 1. The molecule has 0 saturated heterocycles. The van der Waals surface area contributed by atoms with E-state index >= 15 is 0 Å². The third-order valence-electron chi connectivity index (χ3n) is 3.33. The molecule has 0 fully saturated rings. The molecule has 2 aromatic carbocycles. The summed E-state index contributed by atoms with van der Waals surface area (Å²) in [4.78, 5) is 0. The van der Waals surface area contributed by atoms with E-state index in [9.17, 15) is 0 Å². The number of anilines is 1. The summed E-state index contributed by atoms with van der Waals surface area (Å²) >= 11 is 3.38. The molecule has 0 atom stereocenters. The number of benzene rings is 2. The Kier molecular flexibility index (Phi) is 3.62. The van der Waals surface area contributed by atoms with E-state index in [0.29, 0.717) is 5.56 Å².